The number of pyridine rings is 2. The molecule has 3 aromatic heterocycles. The molecule has 0 unspecified atom stereocenters. The van der Waals surface area contributed by atoms with Crippen molar-refractivity contribution in [2.75, 3.05) is 0 Å². The maximum Gasteiger partial charge on any atom is 0.253 e. The molecule has 0 radical (unpaired) electrons. The topological polar surface area (TPSA) is 59.3 Å². The summed E-state index contributed by atoms with van der Waals surface area (Å²) in [6.45, 7) is 0.251. The van der Waals surface area contributed by atoms with E-state index in [9.17, 15) is 9.18 Å². The van der Waals surface area contributed by atoms with Gasteiger partial charge in [0.2, 0.25) is 0 Å². The molecule has 0 aliphatic rings. The van der Waals surface area contributed by atoms with Crippen molar-refractivity contribution >= 4 is 11.6 Å². The van der Waals surface area contributed by atoms with Crippen molar-refractivity contribution in [2.24, 2.45) is 0 Å². The fourth-order valence-corrected chi connectivity index (χ4v) is 1.84. The zero-order chi connectivity index (χ0) is 13.9. The Kier molecular flexibility index (Phi) is 3.12. The molecule has 3 heterocycles. The fraction of sp³-hybridized carbons (Fsp3) is 0.0714. The van der Waals surface area contributed by atoms with E-state index < -0.39 is 5.82 Å². The Morgan fingerprint density at radius 2 is 2.15 bits per heavy atom. The van der Waals surface area contributed by atoms with Gasteiger partial charge in [0.1, 0.15) is 11.5 Å². The van der Waals surface area contributed by atoms with Crippen LogP contribution in [-0.4, -0.2) is 20.3 Å². The van der Waals surface area contributed by atoms with Gasteiger partial charge >= 0.3 is 0 Å². The molecule has 3 rings (SSSR count). The lowest BCUT2D eigenvalue weighted by atomic mass is 10.2. The quantitative estimate of drug-likeness (QED) is 0.789. The number of rotatable bonds is 3. The van der Waals surface area contributed by atoms with E-state index in [-0.39, 0.29) is 12.5 Å². The number of nitrogens with zero attached hydrogens (tertiary/aromatic N) is 3. The summed E-state index contributed by atoms with van der Waals surface area (Å²) in [5, 5.41) is 2.73. The lowest BCUT2D eigenvalue weighted by molar-refractivity contribution is 0.0950. The Morgan fingerprint density at radius 3 is 2.95 bits per heavy atom. The van der Waals surface area contributed by atoms with Gasteiger partial charge in [-0.05, 0) is 24.3 Å². The zero-order valence-electron chi connectivity index (χ0n) is 10.5. The summed E-state index contributed by atoms with van der Waals surface area (Å²) in [6.07, 6.45) is 6.27. The molecule has 100 valence electrons. The second-order valence-corrected chi connectivity index (χ2v) is 4.26. The fourth-order valence-electron chi connectivity index (χ4n) is 1.84. The van der Waals surface area contributed by atoms with Gasteiger partial charge in [0.15, 0.2) is 0 Å². The molecule has 0 atom stereocenters. The van der Waals surface area contributed by atoms with Gasteiger partial charge in [-0.15, -0.1) is 0 Å². The van der Waals surface area contributed by atoms with Crippen LogP contribution in [0.4, 0.5) is 4.39 Å². The molecule has 0 aliphatic carbocycles. The van der Waals surface area contributed by atoms with E-state index in [0.29, 0.717) is 11.3 Å². The molecular formula is C14H11FN4O. The number of hydrogen-bond donors (Lipinski definition) is 1. The number of imidazole rings is 1. The molecule has 20 heavy (non-hydrogen) atoms. The minimum atomic E-state index is -0.398. The number of carbonyl (C=O) groups is 1. The van der Waals surface area contributed by atoms with Gasteiger partial charge in [-0.1, -0.05) is 0 Å². The summed E-state index contributed by atoms with van der Waals surface area (Å²) in [7, 11) is 0. The number of hydrogen-bond acceptors (Lipinski definition) is 3. The van der Waals surface area contributed by atoms with E-state index in [1.165, 1.54) is 12.1 Å². The highest BCUT2D eigenvalue weighted by Gasteiger charge is 2.07. The largest absolute Gasteiger partial charge is 0.346 e. The highest BCUT2D eigenvalue weighted by molar-refractivity contribution is 5.94. The second-order valence-electron chi connectivity index (χ2n) is 4.26. The van der Waals surface area contributed by atoms with Gasteiger partial charge in [-0.2, -0.15) is 0 Å². The number of halogens is 1. The highest BCUT2D eigenvalue weighted by Crippen LogP contribution is 2.05. The average Bonchev–Trinajstić information content (AvgIpc) is 2.93. The maximum atomic E-state index is 12.7. The van der Waals surface area contributed by atoms with Gasteiger partial charge in [0, 0.05) is 18.6 Å². The van der Waals surface area contributed by atoms with Crippen LogP contribution < -0.4 is 5.32 Å². The van der Waals surface area contributed by atoms with Crippen LogP contribution in [0.5, 0.6) is 0 Å². The predicted molar refractivity (Wildman–Crippen MR) is 70.6 cm³/mol. The first-order chi connectivity index (χ1) is 9.72. The Balaban J connectivity index is 1.70. The molecule has 0 bridgehead atoms. The van der Waals surface area contributed by atoms with Crippen LogP contribution in [0.2, 0.25) is 0 Å². The van der Waals surface area contributed by atoms with Gasteiger partial charge < -0.3 is 9.72 Å². The number of amides is 1. The molecule has 1 amide bonds. The van der Waals surface area contributed by atoms with E-state index >= 15 is 0 Å². The Bertz CT molecular complexity index is 751. The lowest BCUT2D eigenvalue weighted by Gasteiger charge is -2.05. The molecule has 5 nitrogen and oxygen atoms in total. The van der Waals surface area contributed by atoms with Gasteiger partial charge in [0.25, 0.3) is 5.91 Å². The van der Waals surface area contributed by atoms with Crippen LogP contribution >= 0.6 is 0 Å². The number of nitrogens with one attached hydrogen (secondary N) is 1. The van der Waals surface area contributed by atoms with Crippen LogP contribution in [0, 0.1) is 5.82 Å². The van der Waals surface area contributed by atoms with E-state index in [2.05, 4.69) is 15.3 Å². The van der Waals surface area contributed by atoms with Gasteiger partial charge in [0.05, 0.1) is 24.0 Å². The van der Waals surface area contributed by atoms with E-state index in [4.69, 9.17) is 0 Å². The summed E-state index contributed by atoms with van der Waals surface area (Å²) in [4.78, 5) is 20.0. The molecule has 0 aliphatic heterocycles. The monoisotopic (exact) mass is 270 g/mol. The van der Waals surface area contributed by atoms with Crippen molar-refractivity contribution in [1.82, 2.24) is 19.7 Å². The number of aromatic nitrogens is 3. The standard InChI is InChI=1S/C14H11FN4O/c15-11-2-3-12(17-7-11)8-18-14(20)10-1-4-13-16-5-6-19(13)9-10/h1-7,9H,8H2,(H,18,20). The summed E-state index contributed by atoms with van der Waals surface area (Å²) in [5.41, 5.74) is 1.91. The molecule has 6 heteroatoms. The van der Waals surface area contributed by atoms with Crippen LogP contribution in [0.1, 0.15) is 16.1 Å². The molecule has 0 saturated carbocycles. The molecule has 1 N–H and O–H groups in total. The zero-order valence-corrected chi connectivity index (χ0v) is 10.5. The minimum Gasteiger partial charge on any atom is -0.346 e. The van der Waals surface area contributed by atoms with E-state index in [1.54, 1.807) is 35.1 Å². The number of carbonyl (C=O) groups excluding carboxylic acids is 1. The third-order valence-electron chi connectivity index (χ3n) is 2.87. The van der Waals surface area contributed by atoms with Crippen molar-refractivity contribution in [3.05, 3.63) is 66.1 Å². The first kappa shape index (κ1) is 12.3. The maximum absolute atomic E-state index is 12.7. The van der Waals surface area contributed by atoms with E-state index in [1.807, 2.05) is 0 Å². The van der Waals surface area contributed by atoms with Crippen molar-refractivity contribution in [1.29, 1.82) is 0 Å². The van der Waals surface area contributed by atoms with Crippen LogP contribution in [0.25, 0.3) is 5.65 Å². The minimum absolute atomic E-state index is 0.216. The average molecular weight is 270 g/mol. The van der Waals surface area contributed by atoms with Crippen molar-refractivity contribution in [3.8, 4) is 0 Å². The van der Waals surface area contributed by atoms with Crippen LogP contribution in [0.15, 0.2) is 49.1 Å². The third-order valence-corrected chi connectivity index (χ3v) is 2.87. The Labute approximate surface area is 114 Å². The highest BCUT2D eigenvalue weighted by atomic mass is 19.1. The molecule has 0 fully saturated rings. The second kappa shape index (κ2) is 5.08. The smallest absolute Gasteiger partial charge is 0.253 e. The first-order valence-corrected chi connectivity index (χ1v) is 6.04. The van der Waals surface area contributed by atoms with Gasteiger partial charge in [-0.25, -0.2) is 9.37 Å². The van der Waals surface area contributed by atoms with Gasteiger partial charge in [-0.3, -0.25) is 9.78 Å². The first-order valence-electron chi connectivity index (χ1n) is 6.04. The van der Waals surface area contributed by atoms with E-state index in [0.717, 1.165) is 11.8 Å². The summed E-state index contributed by atoms with van der Waals surface area (Å²) in [5.74, 6) is -0.614. The SMILES string of the molecule is O=C(NCc1ccc(F)cn1)c1ccc2nccn2c1. The summed E-state index contributed by atoms with van der Waals surface area (Å²) >= 11 is 0. The Hall–Kier alpha value is -2.76. The van der Waals surface area contributed by atoms with Crippen molar-refractivity contribution in [3.63, 3.8) is 0 Å². The van der Waals surface area contributed by atoms with Crippen molar-refractivity contribution < 1.29 is 9.18 Å². The molecular weight excluding hydrogens is 259 g/mol. The molecule has 0 aromatic carbocycles. The lowest BCUT2D eigenvalue weighted by Crippen LogP contribution is -2.23. The number of fused-ring (bicyclic) bond motifs is 1. The molecule has 3 aromatic rings. The third kappa shape index (κ3) is 2.49. The molecule has 0 saturated heterocycles. The normalized spacial score (nSPS) is 10.7. The van der Waals surface area contributed by atoms with Crippen LogP contribution in [-0.2, 0) is 6.54 Å². The Morgan fingerprint density at radius 1 is 1.25 bits per heavy atom. The summed E-state index contributed by atoms with van der Waals surface area (Å²) in [6, 6.07) is 6.32. The molecule has 0 spiro atoms. The van der Waals surface area contributed by atoms with Crippen molar-refractivity contribution in [2.45, 2.75) is 6.54 Å². The van der Waals surface area contributed by atoms with Crippen LogP contribution in [0.3, 0.4) is 0 Å². The summed E-state index contributed by atoms with van der Waals surface area (Å²) < 4.78 is 14.5. The predicted octanol–water partition coefficient (Wildman–Crippen LogP) is 1.80.